The molecular formula is C39H30O2S. The van der Waals surface area contributed by atoms with Gasteiger partial charge in [0.25, 0.3) is 0 Å². The molecule has 0 N–H and O–H groups in total. The Hall–Kier alpha value is -4.99. The Morgan fingerprint density at radius 1 is 0.381 bits per heavy atom. The third-order valence-corrected chi connectivity index (χ3v) is 7.72. The van der Waals surface area contributed by atoms with Crippen LogP contribution in [0.1, 0.15) is 37.4 Å². The molecule has 0 atom stereocenters. The molecule has 0 aliphatic heterocycles. The fraction of sp³-hybridized carbons (Fsp3) is 0.0256. The van der Waals surface area contributed by atoms with Crippen LogP contribution in [0.3, 0.4) is 0 Å². The first-order valence-corrected chi connectivity index (χ1v) is 14.6. The number of carbonyl (C=O) groups excluding carboxylic acids is 2. The maximum atomic E-state index is 12.3. The molecular weight excluding hydrogens is 532 g/mol. The lowest BCUT2D eigenvalue weighted by atomic mass is 9.99. The van der Waals surface area contributed by atoms with Crippen LogP contribution in [0.15, 0.2) is 174 Å². The molecule has 0 heterocycles. The third-order valence-electron chi connectivity index (χ3n) is 6.70. The summed E-state index contributed by atoms with van der Waals surface area (Å²) < 4.78 is 0. The van der Waals surface area contributed by atoms with E-state index in [0.717, 1.165) is 38.3 Å². The van der Waals surface area contributed by atoms with Crippen LogP contribution in [-0.2, 0) is 0 Å². The average Bonchev–Trinajstić information content (AvgIpc) is 3.07. The quantitative estimate of drug-likeness (QED) is 0.182. The van der Waals surface area contributed by atoms with E-state index < -0.39 is 0 Å². The molecule has 6 aromatic rings. The topological polar surface area (TPSA) is 34.1 Å². The Morgan fingerprint density at radius 3 is 1.17 bits per heavy atom. The summed E-state index contributed by atoms with van der Waals surface area (Å²) in [5.74, 6) is 0.123. The average molecular weight is 563 g/mol. The van der Waals surface area contributed by atoms with E-state index in [4.69, 9.17) is 0 Å². The summed E-state index contributed by atoms with van der Waals surface area (Å²) in [6, 6.07) is 52.9. The lowest BCUT2D eigenvalue weighted by molar-refractivity contribution is 0.103. The van der Waals surface area contributed by atoms with Crippen molar-refractivity contribution in [1.29, 1.82) is 0 Å². The van der Waals surface area contributed by atoms with E-state index in [1.54, 1.807) is 11.8 Å². The molecule has 0 saturated heterocycles. The van der Waals surface area contributed by atoms with Gasteiger partial charge in [0.1, 0.15) is 0 Å². The fourth-order valence-corrected chi connectivity index (χ4v) is 5.19. The van der Waals surface area contributed by atoms with Crippen molar-refractivity contribution in [2.24, 2.45) is 0 Å². The van der Waals surface area contributed by atoms with Crippen LogP contribution in [0.2, 0.25) is 0 Å². The number of ketones is 2. The number of aryl methyl sites for hydroxylation is 1. The molecule has 0 unspecified atom stereocenters. The first kappa shape index (κ1) is 28.5. The van der Waals surface area contributed by atoms with E-state index >= 15 is 0 Å². The van der Waals surface area contributed by atoms with Crippen LogP contribution in [-0.4, -0.2) is 11.6 Å². The fourth-order valence-electron chi connectivity index (χ4n) is 4.37. The molecule has 3 heteroatoms. The maximum Gasteiger partial charge on any atom is 0.193 e. The molecule has 42 heavy (non-hydrogen) atoms. The SMILES string of the molecule is Cc1ccc(Sc2ccc(C(=O)c3ccccc3)cc2)cc1.O=C(c1ccccc1)c1ccc(-c2ccccc2)cc1. The monoisotopic (exact) mass is 562 g/mol. The minimum Gasteiger partial charge on any atom is -0.289 e. The molecule has 0 radical (unpaired) electrons. The van der Waals surface area contributed by atoms with Crippen molar-refractivity contribution < 1.29 is 9.59 Å². The normalized spacial score (nSPS) is 10.3. The standard InChI is InChI=1S/C20H16OS.C19H14O/c1-15-7-11-18(12-8-15)22-19-13-9-17(10-14-19)20(21)16-5-3-2-4-6-16;20-19(17-9-5-2-6-10-17)18-13-11-16(12-14-18)15-7-3-1-4-8-15/h2-14H,1H3;1-14H. The zero-order chi connectivity index (χ0) is 29.1. The van der Waals surface area contributed by atoms with E-state index in [-0.39, 0.29) is 11.6 Å². The Kier molecular flexibility index (Phi) is 9.56. The molecule has 6 aromatic carbocycles. The summed E-state index contributed by atoms with van der Waals surface area (Å²) >= 11 is 1.70. The van der Waals surface area contributed by atoms with E-state index in [2.05, 4.69) is 43.3 Å². The van der Waals surface area contributed by atoms with Gasteiger partial charge in [0, 0.05) is 32.0 Å². The van der Waals surface area contributed by atoms with Gasteiger partial charge in [0.15, 0.2) is 11.6 Å². The molecule has 0 saturated carbocycles. The summed E-state index contributed by atoms with van der Waals surface area (Å²) in [7, 11) is 0. The van der Waals surface area contributed by atoms with Gasteiger partial charge in [-0.15, -0.1) is 0 Å². The molecule has 6 rings (SSSR count). The van der Waals surface area contributed by atoms with Gasteiger partial charge in [-0.05, 0) is 54.4 Å². The van der Waals surface area contributed by atoms with Crippen LogP contribution in [0, 0.1) is 6.92 Å². The number of benzene rings is 6. The summed E-state index contributed by atoms with van der Waals surface area (Å²) in [5.41, 5.74) is 6.42. The van der Waals surface area contributed by atoms with Crippen molar-refractivity contribution in [2.45, 2.75) is 16.7 Å². The van der Waals surface area contributed by atoms with Crippen molar-refractivity contribution in [2.75, 3.05) is 0 Å². The van der Waals surface area contributed by atoms with E-state index in [9.17, 15) is 9.59 Å². The van der Waals surface area contributed by atoms with Gasteiger partial charge in [-0.25, -0.2) is 0 Å². The maximum absolute atomic E-state index is 12.3. The van der Waals surface area contributed by atoms with Crippen molar-refractivity contribution in [3.8, 4) is 11.1 Å². The molecule has 204 valence electrons. The number of hydrogen-bond donors (Lipinski definition) is 0. The Balaban J connectivity index is 0.000000169. The molecule has 0 bridgehead atoms. The van der Waals surface area contributed by atoms with Gasteiger partial charge in [-0.3, -0.25) is 9.59 Å². The first-order chi connectivity index (χ1) is 20.6. The van der Waals surface area contributed by atoms with Crippen LogP contribution in [0.25, 0.3) is 11.1 Å². The third kappa shape index (κ3) is 7.60. The zero-order valence-electron chi connectivity index (χ0n) is 23.3. The second-order valence-corrected chi connectivity index (χ2v) is 10.9. The Morgan fingerprint density at radius 2 is 0.714 bits per heavy atom. The minimum atomic E-state index is 0.0604. The van der Waals surface area contributed by atoms with Crippen molar-refractivity contribution in [3.05, 3.63) is 192 Å². The highest BCUT2D eigenvalue weighted by molar-refractivity contribution is 7.99. The van der Waals surface area contributed by atoms with Crippen molar-refractivity contribution >= 4 is 23.3 Å². The van der Waals surface area contributed by atoms with Crippen LogP contribution < -0.4 is 0 Å². The van der Waals surface area contributed by atoms with E-state index in [1.807, 2.05) is 127 Å². The van der Waals surface area contributed by atoms with Gasteiger partial charge in [-0.2, -0.15) is 0 Å². The second kappa shape index (κ2) is 14.1. The zero-order valence-corrected chi connectivity index (χ0v) is 24.1. The lowest BCUT2D eigenvalue weighted by Gasteiger charge is -2.04. The Labute approximate surface area is 251 Å². The highest BCUT2D eigenvalue weighted by atomic mass is 32.2. The molecule has 2 nitrogen and oxygen atoms in total. The first-order valence-electron chi connectivity index (χ1n) is 13.8. The van der Waals surface area contributed by atoms with Crippen LogP contribution in [0.5, 0.6) is 0 Å². The minimum absolute atomic E-state index is 0.0604. The molecule has 0 aliphatic carbocycles. The summed E-state index contributed by atoms with van der Waals surface area (Å²) in [6.45, 7) is 2.08. The summed E-state index contributed by atoms with van der Waals surface area (Å²) in [6.07, 6.45) is 0. The predicted octanol–water partition coefficient (Wildman–Crippen LogP) is 9.96. The molecule has 0 spiro atoms. The number of hydrogen-bond acceptors (Lipinski definition) is 3. The summed E-state index contributed by atoms with van der Waals surface area (Å²) in [5, 5.41) is 0. The highest BCUT2D eigenvalue weighted by Crippen LogP contribution is 2.28. The second-order valence-electron chi connectivity index (χ2n) is 9.77. The lowest BCUT2D eigenvalue weighted by Crippen LogP contribution is -2.00. The number of carbonyl (C=O) groups is 2. The predicted molar refractivity (Wildman–Crippen MR) is 173 cm³/mol. The van der Waals surface area contributed by atoms with Gasteiger partial charge in [0.2, 0.25) is 0 Å². The van der Waals surface area contributed by atoms with E-state index in [1.165, 1.54) is 10.5 Å². The molecule has 0 aromatic heterocycles. The molecule has 0 fully saturated rings. The van der Waals surface area contributed by atoms with Crippen molar-refractivity contribution in [1.82, 2.24) is 0 Å². The largest absolute Gasteiger partial charge is 0.289 e. The van der Waals surface area contributed by atoms with Gasteiger partial charge in [-0.1, -0.05) is 145 Å². The molecule has 0 aliphatic rings. The van der Waals surface area contributed by atoms with Crippen LogP contribution in [0.4, 0.5) is 0 Å². The smallest absolute Gasteiger partial charge is 0.193 e. The van der Waals surface area contributed by atoms with Gasteiger partial charge >= 0.3 is 0 Å². The molecule has 0 amide bonds. The van der Waals surface area contributed by atoms with E-state index in [0.29, 0.717) is 0 Å². The summed E-state index contributed by atoms with van der Waals surface area (Å²) in [4.78, 5) is 27.0. The Bertz CT molecular complexity index is 1730. The number of rotatable bonds is 7. The van der Waals surface area contributed by atoms with Gasteiger partial charge < -0.3 is 0 Å². The van der Waals surface area contributed by atoms with Gasteiger partial charge in [0.05, 0.1) is 0 Å². The highest BCUT2D eigenvalue weighted by Gasteiger charge is 2.09. The van der Waals surface area contributed by atoms with Crippen LogP contribution >= 0.6 is 11.8 Å². The van der Waals surface area contributed by atoms with Crippen molar-refractivity contribution in [3.63, 3.8) is 0 Å².